The van der Waals surface area contributed by atoms with Gasteiger partial charge in [-0.2, -0.15) is 5.10 Å². The largest absolute Gasteiger partial charge is 0.306 e. The number of nitrogens with zero attached hydrogens (tertiary/aromatic N) is 2. The van der Waals surface area contributed by atoms with Crippen molar-refractivity contribution in [3.63, 3.8) is 0 Å². The molecule has 3 nitrogen and oxygen atoms in total. The average Bonchev–Trinajstić information content (AvgIpc) is 2.85. The number of aromatic nitrogens is 2. The first-order chi connectivity index (χ1) is 9.15. The molecule has 0 saturated heterocycles. The molecule has 1 heterocycles. The Morgan fingerprint density at radius 3 is 2.79 bits per heavy atom. The fourth-order valence-electron chi connectivity index (χ4n) is 2.05. The molecule has 0 spiro atoms. The highest BCUT2D eigenvalue weighted by atomic mass is 35.5. The lowest BCUT2D eigenvalue weighted by Gasteiger charge is -2.18. The fourth-order valence-corrected chi connectivity index (χ4v) is 2.33. The maximum Gasteiger partial charge on any atom is 0.124 e. The van der Waals surface area contributed by atoms with Crippen LogP contribution in [0.15, 0.2) is 30.6 Å². The van der Waals surface area contributed by atoms with E-state index in [1.807, 2.05) is 30.9 Å². The van der Waals surface area contributed by atoms with E-state index in [-0.39, 0.29) is 11.9 Å². The Kier molecular flexibility index (Phi) is 4.56. The Bertz CT molecular complexity index is 553. The molecule has 1 unspecified atom stereocenters. The molecule has 2 rings (SSSR count). The molecule has 0 aliphatic rings. The number of halogens is 2. The summed E-state index contributed by atoms with van der Waals surface area (Å²) >= 11 is 6.14. The molecule has 0 radical (unpaired) electrons. The summed E-state index contributed by atoms with van der Waals surface area (Å²) in [6.45, 7) is 5.66. The van der Waals surface area contributed by atoms with Gasteiger partial charge in [0, 0.05) is 23.3 Å². The van der Waals surface area contributed by atoms with E-state index in [0.29, 0.717) is 5.02 Å². The lowest BCUT2D eigenvalue weighted by atomic mass is 10.0. The minimum absolute atomic E-state index is 0.0709. The zero-order chi connectivity index (χ0) is 13.8. The molecule has 0 bridgehead atoms. The van der Waals surface area contributed by atoms with Crippen LogP contribution in [0, 0.1) is 5.82 Å². The lowest BCUT2D eigenvalue weighted by Crippen LogP contribution is -2.22. The molecule has 102 valence electrons. The van der Waals surface area contributed by atoms with Gasteiger partial charge in [0.1, 0.15) is 5.82 Å². The number of aryl methyl sites for hydroxylation is 1. The van der Waals surface area contributed by atoms with Crippen LogP contribution < -0.4 is 5.32 Å². The summed E-state index contributed by atoms with van der Waals surface area (Å²) in [5, 5.41) is 8.05. The van der Waals surface area contributed by atoms with E-state index >= 15 is 0 Å². The van der Waals surface area contributed by atoms with Crippen LogP contribution in [0.5, 0.6) is 0 Å². The second-order valence-corrected chi connectivity index (χ2v) is 4.69. The van der Waals surface area contributed by atoms with Crippen molar-refractivity contribution in [2.75, 3.05) is 6.54 Å². The van der Waals surface area contributed by atoms with Gasteiger partial charge < -0.3 is 5.32 Å². The van der Waals surface area contributed by atoms with Crippen LogP contribution >= 0.6 is 11.6 Å². The predicted octanol–water partition coefficient (Wildman–Crippen LogP) is 3.39. The second kappa shape index (κ2) is 6.17. The number of rotatable bonds is 5. The Hall–Kier alpha value is -1.39. The van der Waals surface area contributed by atoms with Gasteiger partial charge in [0.05, 0.1) is 12.2 Å². The minimum Gasteiger partial charge on any atom is -0.306 e. The average molecular weight is 282 g/mol. The van der Waals surface area contributed by atoms with Gasteiger partial charge in [0.25, 0.3) is 0 Å². The van der Waals surface area contributed by atoms with Gasteiger partial charge in [-0.25, -0.2) is 4.39 Å². The quantitative estimate of drug-likeness (QED) is 0.910. The van der Waals surface area contributed by atoms with Crippen LogP contribution in [0.4, 0.5) is 4.39 Å². The molecule has 2 aromatic rings. The molecule has 0 amide bonds. The molecule has 0 fully saturated rings. The molecule has 1 aromatic carbocycles. The van der Waals surface area contributed by atoms with Gasteiger partial charge in [-0.05, 0) is 31.2 Å². The minimum atomic E-state index is -0.326. The van der Waals surface area contributed by atoms with Crippen molar-refractivity contribution in [3.05, 3.63) is 52.6 Å². The van der Waals surface area contributed by atoms with E-state index < -0.39 is 0 Å². The molecule has 0 aliphatic heterocycles. The normalized spacial score (nSPS) is 12.6. The van der Waals surface area contributed by atoms with Crippen molar-refractivity contribution >= 4 is 11.6 Å². The summed E-state index contributed by atoms with van der Waals surface area (Å²) in [6.07, 6.45) is 3.80. The lowest BCUT2D eigenvalue weighted by molar-refractivity contribution is 0.612. The Labute approximate surface area is 117 Å². The Balaban J connectivity index is 2.38. The number of benzene rings is 1. The van der Waals surface area contributed by atoms with Crippen LogP contribution in [0.3, 0.4) is 0 Å². The maximum absolute atomic E-state index is 13.1. The summed E-state index contributed by atoms with van der Waals surface area (Å²) in [7, 11) is 0. The first-order valence-corrected chi connectivity index (χ1v) is 6.74. The SMILES string of the molecule is CCNC(c1cnn(CC)c1)c1ccc(F)cc1Cl. The van der Waals surface area contributed by atoms with Crippen LogP contribution in [0.1, 0.15) is 31.0 Å². The van der Waals surface area contributed by atoms with Crippen LogP contribution in [0.2, 0.25) is 5.02 Å². The van der Waals surface area contributed by atoms with Gasteiger partial charge >= 0.3 is 0 Å². The summed E-state index contributed by atoms with van der Waals surface area (Å²) in [5.41, 5.74) is 1.89. The zero-order valence-corrected chi connectivity index (χ0v) is 11.8. The summed E-state index contributed by atoms with van der Waals surface area (Å²) in [5.74, 6) is -0.326. The van der Waals surface area contributed by atoms with Crippen molar-refractivity contribution in [3.8, 4) is 0 Å². The smallest absolute Gasteiger partial charge is 0.124 e. The highest BCUT2D eigenvalue weighted by Crippen LogP contribution is 2.28. The Morgan fingerprint density at radius 1 is 1.42 bits per heavy atom. The first-order valence-electron chi connectivity index (χ1n) is 6.36. The summed E-state index contributed by atoms with van der Waals surface area (Å²) in [4.78, 5) is 0. The van der Waals surface area contributed by atoms with Gasteiger partial charge in [-0.15, -0.1) is 0 Å². The van der Waals surface area contributed by atoms with Crippen LogP contribution in [-0.4, -0.2) is 16.3 Å². The molecule has 1 aromatic heterocycles. The van der Waals surface area contributed by atoms with E-state index in [2.05, 4.69) is 10.4 Å². The van der Waals surface area contributed by atoms with E-state index in [1.165, 1.54) is 12.1 Å². The van der Waals surface area contributed by atoms with Crippen LogP contribution in [-0.2, 0) is 6.54 Å². The van der Waals surface area contributed by atoms with E-state index in [0.717, 1.165) is 24.2 Å². The molecule has 0 aliphatic carbocycles. The van der Waals surface area contributed by atoms with Crippen molar-refractivity contribution in [1.82, 2.24) is 15.1 Å². The van der Waals surface area contributed by atoms with Gasteiger partial charge in [-0.3, -0.25) is 4.68 Å². The third kappa shape index (κ3) is 3.14. The second-order valence-electron chi connectivity index (χ2n) is 4.29. The molecule has 1 atom stereocenters. The number of hydrogen-bond acceptors (Lipinski definition) is 2. The van der Waals surface area contributed by atoms with E-state index in [9.17, 15) is 4.39 Å². The first kappa shape index (κ1) is 14.0. The van der Waals surface area contributed by atoms with Crippen molar-refractivity contribution < 1.29 is 4.39 Å². The fraction of sp³-hybridized carbons (Fsp3) is 0.357. The highest BCUT2D eigenvalue weighted by Gasteiger charge is 2.18. The number of nitrogens with one attached hydrogen (secondary N) is 1. The van der Waals surface area contributed by atoms with Crippen LogP contribution in [0.25, 0.3) is 0 Å². The molecule has 1 N–H and O–H groups in total. The third-order valence-corrected chi connectivity index (χ3v) is 3.32. The van der Waals surface area contributed by atoms with E-state index in [1.54, 1.807) is 6.07 Å². The third-order valence-electron chi connectivity index (χ3n) is 2.99. The predicted molar refractivity (Wildman–Crippen MR) is 74.8 cm³/mol. The molecule has 0 saturated carbocycles. The number of hydrogen-bond donors (Lipinski definition) is 1. The zero-order valence-electron chi connectivity index (χ0n) is 11.0. The van der Waals surface area contributed by atoms with Gasteiger partial charge in [-0.1, -0.05) is 24.6 Å². The summed E-state index contributed by atoms with van der Waals surface area (Å²) < 4.78 is 15.0. The Morgan fingerprint density at radius 2 is 2.21 bits per heavy atom. The molecular formula is C14H17ClFN3. The molecule has 5 heteroatoms. The highest BCUT2D eigenvalue weighted by molar-refractivity contribution is 6.31. The monoisotopic (exact) mass is 281 g/mol. The van der Waals surface area contributed by atoms with Gasteiger partial charge in [0.15, 0.2) is 0 Å². The van der Waals surface area contributed by atoms with E-state index in [4.69, 9.17) is 11.6 Å². The standard InChI is InChI=1S/C14H17ClFN3/c1-3-17-14(10-8-18-19(4-2)9-10)12-6-5-11(16)7-13(12)15/h5-9,14,17H,3-4H2,1-2H3. The molecular weight excluding hydrogens is 265 g/mol. The van der Waals surface area contributed by atoms with Crippen molar-refractivity contribution in [2.45, 2.75) is 26.4 Å². The van der Waals surface area contributed by atoms with Crippen molar-refractivity contribution in [1.29, 1.82) is 0 Å². The van der Waals surface area contributed by atoms with Crippen molar-refractivity contribution in [2.24, 2.45) is 0 Å². The maximum atomic E-state index is 13.1. The van der Waals surface area contributed by atoms with Gasteiger partial charge in [0.2, 0.25) is 0 Å². The molecule has 19 heavy (non-hydrogen) atoms. The summed E-state index contributed by atoms with van der Waals surface area (Å²) in [6, 6.07) is 4.41. The topological polar surface area (TPSA) is 29.9 Å².